The van der Waals surface area contributed by atoms with Crippen molar-refractivity contribution in [2.45, 2.75) is 58.0 Å². The highest BCUT2D eigenvalue weighted by molar-refractivity contribution is 9.11. The van der Waals surface area contributed by atoms with Gasteiger partial charge in [0.25, 0.3) is 0 Å². The number of hydrogen-bond donors (Lipinski definition) is 1. The molecule has 96 valence electrons. The van der Waals surface area contributed by atoms with Crippen LogP contribution in [0.15, 0.2) is 15.2 Å². The molecule has 2 rings (SSSR count). The Morgan fingerprint density at radius 2 is 2.06 bits per heavy atom. The van der Waals surface area contributed by atoms with E-state index in [0.717, 1.165) is 12.5 Å². The highest BCUT2D eigenvalue weighted by Crippen LogP contribution is 2.26. The predicted octanol–water partition coefficient (Wildman–Crippen LogP) is 4.96. The molecule has 1 aliphatic carbocycles. The average Bonchev–Trinajstić information content (AvgIpc) is 2.58. The summed E-state index contributed by atoms with van der Waals surface area (Å²) in [5.41, 5.74) is 1.40. The van der Waals surface area contributed by atoms with Crippen LogP contribution in [0.1, 0.15) is 51.0 Å². The van der Waals surface area contributed by atoms with E-state index in [1.54, 1.807) is 11.3 Å². The Hall–Kier alpha value is 0.140. The molecule has 1 fully saturated rings. The Morgan fingerprint density at radius 1 is 1.35 bits per heavy atom. The maximum absolute atomic E-state index is 3.70. The van der Waals surface area contributed by atoms with Crippen molar-refractivity contribution >= 4 is 27.3 Å². The molecule has 0 radical (unpaired) electrons. The average molecular weight is 316 g/mol. The molecule has 0 saturated heterocycles. The second kappa shape index (κ2) is 6.91. The van der Waals surface area contributed by atoms with E-state index in [4.69, 9.17) is 0 Å². The van der Waals surface area contributed by atoms with Crippen LogP contribution in [-0.2, 0) is 6.54 Å². The van der Waals surface area contributed by atoms with Crippen LogP contribution in [0, 0.1) is 5.92 Å². The van der Waals surface area contributed by atoms with Crippen molar-refractivity contribution in [1.82, 2.24) is 5.32 Å². The zero-order valence-electron chi connectivity index (χ0n) is 10.5. The van der Waals surface area contributed by atoms with E-state index in [1.165, 1.54) is 47.9 Å². The Morgan fingerprint density at radius 3 is 2.65 bits per heavy atom. The molecule has 1 saturated carbocycles. The van der Waals surface area contributed by atoms with E-state index >= 15 is 0 Å². The predicted molar refractivity (Wildman–Crippen MR) is 79.5 cm³/mol. The molecular formula is C14H22BrNS. The quantitative estimate of drug-likeness (QED) is 0.774. The van der Waals surface area contributed by atoms with Crippen molar-refractivity contribution in [2.24, 2.45) is 5.92 Å². The van der Waals surface area contributed by atoms with Crippen LogP contribution in [0.4, 0.5) is 0 Å². The van der Waals surface area contributed by atoms with Gasteiger partial charge in [-0.1, -0.05) is 25.7 Å². The van der Waals surface area contributed by atoms with E-state index in [-0.39, 0.29) is 0 Å². The topological polar surface area (TPSA) is 12.0 Å². The van der Waals surface area contributed by atoms with Gasteiger partial charge >= 0.3 is 0 Å². The van der Waals surface area contributed by atoms with Crippen LogP contribution >= 0.6 is 27.3 Å². The third kappa shape index (κ3) is 4.38. The molecule has 1 aromatic heterocycles. The lowest BCUT2D eigenvalue weighted by Gasteiger charge is -2.23. The molecule has 0 aromatic carbocycles. The van der Waals surface area contributed by atoms with Gasteiger partial charge in [0, 0.05) is 12.6 Å². The zero-order valence-corrected chi connectivity index (χ0v) is 12.9. The smallest absolute Gasteiger partial charge is 0.0701 e. The van der Waals surface area contributed by atoms with Gasteiger partial charge in [-0.3, -0.25) is 0 Å². The number of hydrogen-bond acceptors (Lipinski definition) is 2. The van der Waals surface area contributed by atoms with Gasteiger partial charge in [-0.2, -0.15) is 0 Å². The fraction of sp³-hybridized carbons (Fsp3) is 0.714. The Balaban J connectivity index is 1.77. The molecule has 1 nitrogen and oxygen atoms in total. The molecule has 1 aliphatic rings. The van der Waals surface area contributed by atoms with E-state index < -0.39 is 0 Å². The van der Waals surface area contributed by atoms with Gasteiger partial charge in [-0.05, 0) is 58.6 Å². The molecule has 0 spiro atoms. The first-order chi connectivity index (χ1) is 8.25. The highest BCUT2D eigenvalue weighted by Gasteiger charge is 2.18. The minimum absolute atomic E-state index is 0.659. The lowest BCUT2D eigenvalue weighted by atomic mass is 9.93. The van der Waals surface area contributed by atoms with E-state index in [2.05, 4.69) is 39.6 Å². The Kier molecular flexibility index (Phi) is 5.51. The monoisotopic (exact) mass is 315 g/mol. The van der Waals surface area contributed by atoms with Gasteiger partial charge in [0.05, 0.1) is 3.79 Å². The van der Waals surface area contributed by atoms with E-state index in [9.17, 15) is 0 Å². The third-order valence-electron chi connectivity index (χ3n) is 3.86. The van der Waals surface area contributed by atoms with Gasteiger partial charge in [0.2, 0.25) is 0 Å². The van der Waals surface area contributed by atoms with Crippen molar-refractivity contribution in [2.75, 3.05) is 0 Å². The molecule has 0 bridgehead atoms. The number of nitrogens with one attached hydrogen (secondary N) is 1. The molecular weight excluding hydrogens is 294 g/mol. The maximum Gasteiger partial charge on any atom is 0.0701 e. The van der Waals surface area contributed by atoms with Crippen molar-refractivity contribution < 1.29 is 0 Å². The Labute approximate surface area is 117 Å². The lowest BCUT2D eigenvalue weighted by Crippen LogP contribution is -2.32. The van der Waals surface area contributed by atoms with Crippen LogP contribution in [0.3, 0.4) is 0 Å². The van der Waals surface area contributed by atoms with Crippen molar-refractivity contribution in [1.29, 1.82) is 0 Å². The summed E-state index contributed by atoms with van der Waals surface area (Å²) in [5, 5.41) is 5.93. The fourth-order valence-electron chi connectivity index (χ4n) is 2.69. The molecule has 1 heterocycles. The number of halogens is 1. The first kappa shape index (κ1) is 13.6. The minimum atomic E-state index is 0.659. The zero-order chi connectivity index (χ0) is 12.1. The maximum atomic E-state index is 3.70. The van der Waals surface area contributed by atoms with E-state index in [0.29, 0.717) is 6.04 Å². The van der Waals surface area contributed by atoms with Gasteiger partial charge in [0.1, 0.15) is 0 Å². The fourth-order valence-corrected chi connectivity index (χ4v) is 3.90. The van der Waals surface area contributed by atoms with E-state index in [1.807, 2.05) is 0 Å². The summed E-state index contributed by atoms with van der Waals surface area (Å²) in [5.74, 6) is 0.888. The molecule has 3 heteroatoms. The molecule has 0 aliphatic heterocycles. The summed E-state index contributed by atoms with van der Waals surface area (Å²) >= 11 is 5.29. The number of rotatable bonds is 4. The minimum Gasteiger partial charge on any atom is -0.310 e. The summed E-state index contributed by atoms with van der Waals surface area (Å²) in [6, 6.07) is 2.88. The van der Waals surface area contributed by atoms with Crippen LogP contribution in [0.25, 0.3) is 0 Å². The second-order valence-corrected chi connectivity index (χ2v) is 7.47. The summed E-state index contributed by atoms with van der Waals surface area (Å²) in [6.07, 6.45) is 8.59. The first-order valence-corrected chi connectivity index (χ1v) is 8.39. The van der Waals surface area contributed by atoms with Gasteiger partial charge in [-0.15, -0.1) is 11.3 Å². The van der Waals surface area contributed by atoms with Gasteiger partial charge in [0.15, 0.2) is 0 Å². The molecule has 0 unspecified atom stereocenters. The number of thiophene rings is 1. The molecule has 1 atom stereocenters. The summed E-state index contributed by atoms with van der Waals surface area (Å²) in [7, 11) is 0. The van der Waals surface area contributed by atoms with Crippen LogP contribution in [0.5, 0.6) is 0 Å². The molecule has 1 N–H and O–H groups in total. The van der Waals surface area contributed by atoms with Crippen LogP contribution < -0.4 is 5.32 Å². The molecule has 17 heavy (non-hydrogen) atoms. The first-order valence-electron chi connectivity index (χ1n) is 6.72. The standard InChI is InChI=1S/C14H22BrNS/c1-11(13-6-4-2-3-5-7-13)16-9-12-8-14(15)17-10-12/h8,10-11,13,16H,2-7,9H2,1H3/t11-/m1/s1. The summed E-state index contributed by atoms with van der Waals surface area (Å²) in [6.45, 7) is 3.37. The third-order valence-corrected chi connectivity index (χ3v) is 5.41. The normalized spacial score (nSPS) is 20.1. The van der Waals surface area contributed by atoms with Gasteiger partial charge in [-0.25, -0.2) is 0 Å². The van der Waals surface area contributed by atoms with Crippen LogP contribution in [0.2, 0.25) is 0 Å². The van der Waals surface area contributed by atoms with Crippen molar-refractivity contribution in [3.8, 4) is 0 Å². The summed E-state index contributed by atoms with van der Waals surface area (Å²) < 4.78 is 1.23. The van der Waals surface area contributed by atoms with Crippen molar-refractivity contribution in [3.05, 3.63) is 20.8 Å². The van der Waals surface area contributed by atoms with Crippen molar-refractivity contribution in [3.63, 3.8) is 0 Å². The summed E-state index contributed by atoms with van der Waals surface area (Å²) in [4.78, 5) is 0. The molecule has 1 aromatic rings. The molecule has 0 amide bonds. The van der Waals surface area contributed by atoms with Gasteiger partial charge < -0.3 is 5.32 Å². The SMILES string of the molecule is C[C@@H](NCc1csc(Br)c1)C1CCCCCC1. The highest BCUT2D eigenvalue weighted by atomic mass is 79.9. The Bertz CT molecular complexity index is 329. The second-order valence-electron chi connectivity index (χ2n) is 5.18. The lowest BCUT2D eigenvalue weighted by molar-refractivity contribution is 0.337. The largest absolute Gasteiger partial charge is 0.310 e. The van der Waals surface area contributed by atoms with Crippen LogP contribution in [-0.4, -0.2) is 6.04 Å².